The molecule has 3 rings (SSSR count). The second-order valence-corrected chi connectivity index (χ2v) is 5.77. The summed E-state index contributed by atoms with van der Waals surface area (Å²) in [5.74, 6) is 2.24. The Hall–Kier alpha value is -2.17. The van der Waals surface area contributed by atoms with Gasteiger partial charge in [-0.2, -0.15) is 4.99 Å². The zero-order valence-electron chi connectivity index (χ0n) is 12.7. The van der Waals surface area contributed by atoms with Crippen molar-refractivity contribution in [1.29, 1.82) is 0 Å². The molecular formula is C16H22N4O. The van der Waals surface area contributed by atoms with E-state index in [1.54, 1.807) is 7.11 Å². The molecule has 112 valence electrons. The van der Waals surface area contributed by atoms with Gasteiger partial charge in [-0.05, 0) is 61.6 Å². The van der Waals surface area contributed by atoms with Gasteiger partial charge in [0.15, 0.2) is 5.96 Å². The maximum atomic E-state index is 5.93. The van der Waals surface area contributed by atoms with Crippen LogP contribution in [0.4, 0.5) is 0 Å². The van der Waals surface area contributed by atoms with Gasteiger partial charge in [0.2, 0.25) is 0 Å². The molecule has 1 atom stereocenters. The van der Waals surface area contributed by atoms with E-state index >= 15 is 0 Å². The minimum absolute atomic E-state index is 0.0355. The highest BCUT2D eigenvalue weighted by atomic mass is 16.5. The first-order valence-corrected chi connectivity index (χ1v) is 7.31. The Bertz CT molecular complexity index is 617. The Morgan fingerprint density at radius 1 is 1.29 bits per heavy atom. The molecule has 5 heteroatoms. The SMILES string of the molecule is COc1cc(C)c(C2C=C(NC3CC3)N=C(N)N2)cc1C. The third kappa shape index (κ3) is 2.96. The molecule has 0 spiro atoms. The molecule has 2 aliphatic rings. The van der Waals surface area contributed by atoms with Crippen molar-refractivity contribution in [2.75, 3.05) is 7.11 Å². The minimum atomic E-state index is 0.0355. The topological polar surface area (TPSA) is 71.7 Å². The van der Waals surface area contributed by atoms with E-state index in [1.165, 1.54) is 24.0 Å². The lowest BCUT2D eigenvalue weighted by molar-refractivity contribution is 0.411. The summed E-state index contributed by atoms with van der Waals surface area (Å²) >= 11 is 0. The summed E-state index contributed by atoms with van der Waals surface area (Å²) in [5, 5.41) is 6.64. The van der Waals surface area contributed by atoms with E-state index in [1.807, 2.05) is 0 Å². The van der Waals surface area contributed by atoms with E-state index in [2.05, 4.69) is 47.7 Å². The second kappa shape index (κ2) is 5.31. The Morgan fingerprint density at radius 3 is 2.71 bits per heavy atom. The number of benzene rings is 1. The smallest absolute Gasteiger partial charge is 0.195 e. The summed E-state index contributed by atoms with van der Waals surface area (Å²) in [6.07, 6.45) is 4.53. The van der Waals surface area contributed by atoms with Crippen LogP contribution in [0.15, 0.2) is 29.0 Å². The van der Waals surface area contributed by atoms with Crippen LogP contribution in [0, 0.1) is 13.8 Å². The minimum Gasteiger partial charge on any atom is -0.496 e. The van der Waals surface area contributed by atoms with E-state index in [0.717, 1.165) is 17.1 Å². The van der Waals surface area contributed by atoms with Crippen molar-refractivity contribution in [3.63, 3.8) is 0 Å². The van der Waals surface area contributed by atoms with E-state index in [-0.39, 0.29) is 6.04 Å². The van der Waals surface area contributed by atoms with Gasteiger partial charge >= 0.3 is 0 Å². The number of ether oxygens (including phenoxy) is 1. The van der Waals surface area contributed by atoms with Crippen LogP contribution in [0.1, 0.15) is 35.6 Å². The molecule has 0 aromatic heterocycles. The third-order valence-corrected chi connectivity index (χ3v) is 3.92. The number of rotatable bonds is 4. The van der Waals surface area contributed by atoms with E-state index in [4.69, 9.17) is 10.5 Å². The predicted octanol–water partition coefficient (Wildman–Crippen LogP) is 1.86. The average Bonchev–Trinajstić information content (AvgIpc) is 3.24. The summed E-state index contributed by atoms with van der Waals surface area (Å²) in [5.41, 5.74) is 9.41. The summed E-state index contributed by atoms with van der Waals surface area (Å²) in [7, 11) is 1.70. The average molecular weight is 286 g/mol. The number of nitrogens with one attached hydrogen (secondary N) is 2. The zero-order chi connectivity index (χ0) is 15.0. The highest BCUT2D eigenvalue weighted by molar-refractivity contribution is 5.80. The van der Waals surface area contributed by atoms with Gasteiger partial charge in [0, 0.05) is 6.04 Å². The molecule has 21 heavy (non-hydrogen) atoms. The molecule has 1 aliphatic heterocycles. The van der Waals surface area contributed by atoms with Gasteiger partial charge in [0.25, 0.3) is 0 Å². The molecular weight excluding hydrogens is 264 g/mol. The monoisotopic (exact) mass is 286 g/mol. The Balaban J connectivity index is 1.90. The number of methoxy groups -OCH3 is 1. The van der Waals surface area contributed by atoms with Gasteiger partial charge in [-0.25, -0.2) is 0 Å². The molecule has 1 unspecified atom stereocenters. The normalized spacial score (nSPS) is 21.2. The van der Waals surface area contributed by atoms with Gasteiger partial charge in [0.05, 0.1) is 13.2 Å². The fraction of sp³-hybridized carbons (Fsp3) is 0.438. The van der Waals surface area contributed by atoms with Crippen LogP contribution < -0.4 is 21.1 Å². The molecule has 5 nitrogen and oxygen atoms in total. The zero-order valence-corrected chi connectivity index (χ0v) is 12.7. The van der Waals surface area contributed by atoms with Crippen molar-refractivity contribution in [2.24, 2.45) is 10.7 Å². The Kier molecular flexibility index (Phi) is 3.49. The van der Waals surface area contributed by atoms with Crippen LogP contribution in [-0.4, -0.2) is 19.1 Å². The molecule has 1 fully saturated rings. The number of nitrogens with two attached hydrogens (primary N) is 1. The summed E-state index contributed by atoms with van der Waals surface area (Å²) in [4.78, 5) is 4.33. The van der Waals surface area contributed by atoms with Crippen molar-refractivity contribution < 1.29 is 4.74 Å². The van der Waals surface area contributed by atoms with Crippen molar-refractivity contribution in [1.82, 2.24) is 10.6 Å². The van der Waals surface area contributed by atoms with Crippen LogP contribution in [0.3, 0.4) is 0 Å². The predicted molar refractivity (Wildman–Crippen MR) is 84.2 cm³/mol. The van der Waals surface area contributed by atoms with Crippen LogP contribution >= 0.6 is 0 Å². The molecule has 0 saturated heterocycles. The lowest BCUT2D eigenvalue weighted by Crippen LogP contribution is -2.38. The van der Waals surface area contributed by atoms with E-state index in [0.29, 0.717) is 12.0 Å². The summed E-state index contributed by atoms with van der Waals surface area (Å²) in [6, 6.07) is 4.81. The Labute approximate surface area is 125 Å². The fourth-order valence-electron chi connectivity index (χ4n) is 2.61. The van der Waals surface area contributed by atoms with E-state index in [9.17, 15) is 0 Å². The molecule has 0 bridgehead atoms. The number of hydrogen-bond donors (Lipinski definition) is 3. The number of nitrogens with zero attached hydrogens (tertiary/aromatic N) is 1. The first kappa shape index (κ1) is 13.8. The maximum absolute atomic E-state index is 5.93. The van der Waals surface area contributed by atoms with Crippen molar-refractivity contribution in [3.8, 4) is 5.75 Å². The van der Waals surface area contributed by atoms with Gasteiger partial charge in [-0.1, -0.05) is 0 Å². The lowest BCUT2D eigenvalue weighted by atomic mass is 9.97. The van der Waals surface area contributed by atoms with Crippen LogP contribution in [-0.2, 0) is 0 Å². The van der Waals surface area contributed by atoms with Gasteiger partial charge in [-0.3, -0.25) is 0 Å². The lowest BCUT2D eigenvalue weighted by Gasteiger charge is -2.24. The highest BCUT2D eigenvalue weighted by Gasteiger charge is 2.24. The van der Waals surface area contributed by atoms with Crippen LogP contribution in [0.2, 0.25) is 0 Å². The molecule has 1 aromatic rings. The number of guanidine groups is 1. The number of aliphatic imine (C=N–C) groups is 1. The standard InChI is InChI=1S/C16H22N4O/c1-9-7-14(21-3)10(2)6-12(9)13-8-15(18-11-4-5-11)20-16(17)19-13/h6-8,11,13,18H,4-5H2,1-3H3,(H3,17,19,20). The van der Waals surface area contributed by atoms with Gasteiger partial charge in [-0.15, -0.1) is 0 Å². The Morgan fingerprint density at radius 2 is 2.05 bits per heavy atom. The fourth-order valence-corrected chi connectivity index (χ4v) is 2.61. The first-order chi connectivity index (χ1) is 10.1. The summed E-state index contributed by atoms with van der Waals surface area (Å²) in [6.45, 7) is 4.14. The number of aryl methyl sites for hydroxylation is 2. The quantitative estimate of drug-likeness (QED) is 0.790. The van der Waals surface area contributed by atoms with Crippen molar-refractivity contribution >= 4 is 5.96 Å². The molecule has 1 saturated carbocycles. The van der Waals surface area contributed by atoms with Gasteiger partial charge < -0.3 is 21.1 Å². The van der Waals surface area contributed by atoms with Crippen LogP contribution in [0.25, 0.3) is 0 Å². The maximum Gasteiger partial charge on any atom is 0.195 e. The second-order valence-electron chi connectivity index (χ2n) is 5.77. The molecule has 0 radical (unpaired) electrons. The molecule has 4 N–H and O–H groups in total. The van der Waals surface area contributed by atoms with Crippen molar-refractivity contribution in [3.05, 3.63) is 40.7 Å². The largest absolute Gasteiger partial charge is 0.496 e. The molecule has 1 aromatic carbocycles. The van der Waals surface area contributed by atoms with Crippen molar-refractivity contribution in [2.45, 2.75) is 38.8 Å². The molecule has 1 aliphatic carbocycles. The molecule has 0 amide bonds. The van der Waals surface area contributed by atoms with E-state index < -0.39 is 0 Å². The third-order valence-electron chi connectivity index (χ3n) is 3.92. The summed E-state index contributed by atoms with van der Waals surface area (Å²) < 4.78 is 5.37. The van der Waals surface area contributed by atoms with Gasteiger partial charge in [0.1, 0.15) is 11.6 Å². The van der Waals surface area contributed by atoms with Crippen LogP contribution in [0.5, 0.6) is 5.75 Å². The molecule has 1 heterocycles. The first-order valence-electron chi connectivity index (χ1n) is 7.31. The number of hydrogen-bond acceptors (Lipinski definition) is 5. The highest BCUT2D eigenvalue weighted by Crippen LogP contribution is 2.29.